The largest absolute Gasteiger partial charge is 0.491 e. The van der Waals surface area contributed by atoms with E-state index in [1.807, 2.05) is 70.2 Å². The van der Waals surface area contributed by atoms with E-state index in [1.165, 1.54) is 5.56 Å². The highest BCUT2D eigenvalue weighted by atomic mass is 16.5. The maximum Gasteiger partial charge on any atom is 0.319 e. The van der Waals surface area contributed by atoms with Crippen LogP contribution in [0.5, 0.6) is 11.5 Å². The van der Waals surface area contributed by atoms with Crippen LogP contribution in [-0.4, -0.2) is 25.3 Å². The number of hydrogen-bond donors (Lipinski definition) is 2. The van der Waals surface area contributed by atoms with Crippen molar-refractivity contribution in [3.05, 3.63) is 53.6 Å². The molecule has 2 aromatic rings. The summed E-state index contributed by atoms with van der Waals surface area (Å²) in [5.41, 5.74) is 2.95. The second kappa shape index (κ2) is 8.97. The Bertz CT molecular complexity index is 714. The zero-order chi connectivity index (χ0) is 18.2. The first kappa shape index (κ1) is 18.6. The van der Waals surface area contributed by atoms with E-state index in [1.54, 1.807) is 0 Å². The molecule has 2 rings (SSSR count). The van der Waals surface area contributed by atoms with E-state index in [-0.39, 0.29) is 12.1 Å². The normalized spacial score (nSPS) is 10.4. The third kappa shape index (κ3) is 5.71. The molecule has 0 aliphatic heterocycles. The van der Waals surface area contributed by atoms with Gasteiger partial charge in [0.25, 0.3) is 0 Å². The molecule has 0 fully saturated rings. The number of carbonyl (C=O) groups is 1. The van der Waals surface area contributed by atoms with Gasteiger partial charge in [-0.15, -0.1) is 0 Å². The lowest BCUT2D eigenvalue weighted by Gasteiger charge is -2.15. The summed E-state index contributed by atoms with van der Waals surface area (Å²) >= 11 is 0. The van der Waals surface area contributed by atoms with Crippen molar-refractivity contribution in [2.24, 2.45) is 0 Å². The van der Waals surface area contributed by atoms with Gasteiger partial charge in [0.05, 0.1) is 18.3 Å². The minimum atomic E-state index is -0.288. The summed E-state index contributed by atoms with van der Waals surface area (Å²) in [7, 11) is 0. The maximum absolute atomic E-state index is 12.0. The van der Waals surface area contributed by atoms with Gasteiger partial charge in [-0.3, -0.25) is 0 Å². The molecular formula is C20H26N2O3. The van der Waals surface area contributed by atoms with E-state index in [9.17, 15) is 4.79 Å². The van der Waals surface area contributed by atoms with Crippen LogP contribution in [0, 0.1) is 13.8 Å². The molecule has 0 aromatic heterocycles. The predicted octanol–water partition coefficient (Wildman–Crippen LogP) is 4.29. The third-order valence-electron chi connectivity index (χ3n) is 3.70. The number of urea groups is 1. The van der Waals surface area contributed by atoms with Crippen LogP contribution < -0.4 is 20.1 Å². The summed E-state index contributed by atoms with van der Waals surface area (Å²) in [5.74, 6) is 1.50. The highest BCUT2D eigenvalue weighted by molar-refractivity contribution is 5.90. The SMILES string of the molecule is Cc1cccc(OCCNC(=O)Nc2ccccc2OC(C)C)c1C. The van der Waals surface area contributed by atoms with Crippen LogP contribution in [0.3, 0.4) is 0 Å². The van der Waals surface area contributed by atoms with Crippen LogP contribution in [-0.2, 0) is 0 Å². The molecule has 0 aliphatic rings. The zero-order valence-corrected chi connectivity index (χ0v) is 15.3. The zero-order valence-electron chi connectivity index (χ0n) is 15.3. The van der Waals surface area contributed by atoms with Crippen LogP contribution in [0.15, 0.2) is 42.5 Å². The molecule has 5 heteroatoms. The smallest absolute Gasteiger partial charge is 0.319 e. The van der Waals surface area contributed by atoms with Crippen molar-refractivity contribution in [3.63, 3.8) is 0 Å². The molecule has 0 unspecified atom stereocenters. The number of ether oxygens (including phenoxy) is 2. The van der Waals surface area contributed by atoms with Crippen molar-refractivity contribution < 1.29 is 14.3 Å². The van der Waals surface area contributed by atoms with Crippen molar-refractivity contribution in [1.82, 2.24) is 5.32 Å². The second-order valence-corrected chi connectivity index (χ2v) is 6.09. The Balaban J connectivity index is 1.80. The Morgan fingerprint density at radius 3 is 2.52 bits per heavy atom. The van der Waals surface area contributed by atoms with Gasteiger partial charge < -0.3 is 20.1 Å². The third-order valence-corrected chi connectivity index (χ3v) is 3.70. The molecule has 0 heterocycles. The quantitative estimate of drug-likeness (QED) is 0.738. The molecule has 5 nitrogen and oxygen atoms in total. The lowest BCUT2D eigenvalue weighted by Crippen LogP contribution is -2.32. The number of anilines is 1. The van der Waals surface area contributed by atoms with Gasteiger partial charge in [-0.1, -0.05) is 24.3 Å². The molecule has 0 saturated carbocycles. The van der Waals surface area contributed by atoms with Crippen LogP contribution in [0.4, 0.5) is 10.5 Å². The molecule has 0 saturated heterocycles. The van der Waals surface area contributed by atoms with Crippen LogP contribution in [0.25, 0.3) is 0 Å². The van der Waals surface area contributed by atoms with Crippen LogP contribution >= 0.6 is 0 Å². The van der Waals surface area contributed by atoms with E-state index in [0.29, 0.717) is 24.6 Å². The van der Waals surface area contributed by atoms with E-state index >= 15 is 0 Å². The van der Waals surface area contributed by atoms with Crippen LogP contribution in [0.1, 0.15) is 25.0 Å². The topological polar surface area (TPSA) is 59.6 Å². The number of para-hydroxylation sites is 2. The molecule has 0 aliphatic carbocycles. The lowest BCUT2D eigenvalue weighted by molar-refractivity contribution is 0.240. The minimum absolute atomic E-state index is 0.0389. The molecule has 2 aromatic carbocycles. The summed E-state index contributed by atoms with van der Waals surface area (Å²) < 4.78 is 11.4. The number of amides is 2. The molecule has 2 N–H and O–H groups in total. The lowest BCUT2D eigenvalue weighted by atomic mass is 10.1. The number of benzene rings is 2. The Morgan fingerprint density at radius 1 is 1.04 bits per heavy atom. The first-order chi connectivity index (χ1) is 12.0. The average molecular weight is 342 g/mol. The molecule has 0 radical (unpaired) electrons. The van der Waals surface area contributed by atoms with Crippen molar-refractivity contribution in [3.8, 4) is 11.5 Å². The molecule has 134 valence electrons. The number of carbonyl (C=O) groups excluding carboxylic acids is 1. The predicted molar refractivity (Wildman–Crippen MR) is 101 cm³/mol. The van der Waals surface area contributed by atoms with Gasteiger partial charge in [0, 0.05) is 0 Å². The Labute approximate surface area is 149 Å². The monoisotopic (exact) mass is 342 g/mol. The van der Waals surface area contributed by atoms with Crippen LogP contribution in [0.2, 0.25) is 0 Å². The van der Waals surface area contributed by atoms with Gasteiger partial charge in [-0.2, -0.15) is 0 Å². The summed E-state index contributed by atoms with van der Waals surface area (Å²) in [4.78, 5) is 12.0. The Morgan fingerprint density at radius 2 is 1.76 bits per heavy atom. The van der Waals surface area contributed by atoms with Crippen molar-refractivity contribution in [2.45, 2.75) is 33.8 Å². The van der Waals surface area contributed by atoms with E-state index in [0.717, 1.165) is 11.3 Å². The first-order valence-corrected chi connectivity index (χ1v) is 8.47. The summed E-state index contributed by atoms with van der Waals surface area (Å²) in [5, 5.41) is 5.59. The maximum atomic E-state index is 12.0. The Hall–Kier alpha value is -2.69. The molecule has 0 spiro atoms. The molecular weight excluding hydrogens is 316 g/mol. The van der Waals surface area contributed by atoms with Gasteiger partial charge in [0.1, 0.15) is 18.1 Å². The van der Waals surface area contributed by atoms with Crippen molar-refractivity contribution in [2.75, 3.05) is 18.5 Å². The van der Waals surface area contributed by atoms with E-state index in [2.05, 4.69) is 10.6 Å². The number of nitrogens with one attached hydrogen (secondary N) is 2. The second-order valence-electron chi connectivity index (χ2n) is 6.09. The standard InChI is InChI=1S/C20H26N2O3/c1-14(2)25-19-10-6-5-9-17(19)22-20(23)21-12-13-24-18-11-7-8-15(3)16(18)4/h5-11,14H,12-13H2,1-4H3,(H2,21,22,23). The first-order valence-electron chi connectivity index (χ1n) is 8.47. The fourth-order valence-corrected chi connectivity index (χ4v) is 2.30. The van der Waals surface area contributed by atoms with Gasteiger partial charge >= 0.3 is 6.03 Å². The summed E-state index contributed by atoms with van der Waals surface area (Å²) in [6.45, 7) is 8.78. The van der Waals surface area contributed by atoms with Crippen molar-refractivity contribution in [1.29, 1.82) is 0 Å². The highest BCUT2D eigenvalue weighted by Gasteiger charge is 2.08. The number of rotatable bonds is 7. The molecule has 25 heavy (non-hydrogen) atoms. The number of hydrogen-bond acceptors (Lipinski definition) is 3. The van der Waals surface area contributed by atoms with Crippen molar-refractivity contribution >= 4 is 11.7 Å². The highest BCUT2D eigenvalue weighted by Crippen LogP contribution is 2.24. The molecule has 2 amide bonds. The summed E-state index contributed by atoms with van der Waals surface area (Å²) in [6, 6.07) is 13.0. The molecule has 0 bridgehead atoms. The number of aryl methyl sites for hydroxylation is 1. The Kier molecular flexibility index (Phi) is 6.69. The van der Waals surface area contributed by atoms with E-state index < -0.39 is 0 Å². The fourth-order valence-electron chi connectivity index (χ4n) is 2.30. The average Bonchev–Trinajstić information content (AvgIpc) is 2.56. The van der Waals surface area contributed by atoms with E-state index in [4.69, 9.17) is 9.47 Å². The van der Waals surface area contributed by atoms with Gasteiger partial charge in [-0.05, 0) is 57.0 Å². The molecule has 0 atom stereocenters. The fraction of sp³-hybridized carbons (Fsp3) is 0.350. The minimum Gasteiger partial charge on any atom is -0.491 e. The van der Waals surface area contributed by atoms with Gasteiger partial charge in [0.2, 0.25) is 0 Å². The van der Waals surface area contributed by atoms with Gasteiger partial charge in [-0.25, -0.2) is 4.79 Å². The summed E-state index contributed by atoms with van der Waals surface area (Å²) in [6.07, 6.45) is 0.0389. The van der Waals surface area contributed by atoms with Gasteiger partial charge in [0.15, 0.2) is 0 Å².